The molecule has 0 amide bonds. The predicted octanol–water partition coefficient (Wildman–Crippen LogP) is 4.37. The van der Waals surface area contributed by atoms with E-state index in [-0.39, 0.29) is 18.8 Å². The molecule has 0 N–H and O–H groups in total. The summed E-state index contributed by atoms with van der Waals surface area (Å²) in [6.07, 6.45) is 3.41. The number of nitrogens with zero attached hydrogens (tertiary/aromatic N) is 3. The minimum atomic E-state index is -0.712. The van der Waals surface area contributed by atoms with Crippen molar-refractivity contribution >= 4 is 15.9 Å². The lowest BCUT2D eigenvalue weighted by Gasteiger charge is -2.23. The van der Waals surface area contributed by atoms with E-state index in [1.807, 2.05) is 0 Å². The number of rotatable bonds is 10. The average molecular weight is 476 g/mol. The van der Waals surface area contributed by atoms with Crippen molar-refractivity contribution in [3.63, 3.8) is 0 Å². The number of hydrogen-bond donors (Lipinski definition) is 0. The van der Waals surface area contributed by atoms with Gasteiger partial charge in [-0.3, -0.25) is 0 Å². The highest BCUT2D eigenvalue weighted by molar-refractivity contribution is 9.10. The molecule has 0 spiro atoms. The van der Waals surface area contributed by atoms with E-state index < -0.39 is 17.7 Å². The molecule has 1 aromatic heterocycles. The molecule has 0 bridgehead atoms. The summed E-state index contributed by atoms with van der Waals surface area (Å²) in [6.45, 7) is 1.36. The van der Waals surface area contributed by atoms with Gasteiger partial charge in [-0.1, -0.05) is 0 Å². The quantitative estimate of drug-likeness (QED) is 0.475. The van der Waals surface area contributed by atoms with Crippen molar-refractivity contribution in [2.45, 2.75) is 51.2 Å². The van der Waals surface area contributed by atoms with Crippen molar-refractivity contribution in [2.24, 2.45) is 0 Å². The van der Waals surface area contributed by atoms with Gasteiger partial charge in [-0.05, 0) is 48.0 Å². The molecule has 3 rings (SSSR count). The van der Waals surface area contributed by atoms with E-state index in [1.165, 1.54) is 11.8 Å². The number of hydrogen-bond acceptors (Lipinski definition) is 6. The van der Waals surface area contributed by atoms with Crippen LogP contribution in [-0.4, -0.2) is 41.4 Å². The summed E-state index contributed by atoms with van der Waals surface area (Å²) in [4.78, 5) is 4.35. The van der Waals surface area contributed by atoms with Crippen LogP contribution in [0.3, 0.4) is 0 Å². The summed E-state index contributed by atoms with van der Waals surface area (Å²) in [6, 6.07) is 3.06. The van der Waals surface area contributed by atoms with Crippen molar-refractivity contribution in [3.8, 4) is 5.75 Å². The highest BCUT2D eigenvalue weighted by Gasteiger charge is 2.23. The van der Waals surface area contributed by atoms with Crippen LogP contribution in [0.4, 0.5) is 8.78 Å². The maximum absolute atomic E-state index is 13.6. The minimum absolute atomic E-state index is 0.0760. The maximum atomic E-state index is 13.6. The standard InChI is InChI=1S/C19H24BrF2N3O4/c1-26-12-25-18(23-19(20)24-25)16(29-15-10-13(21)9-14(22)11-15)5-4-8-28-17-6-2-3-7-27-17/h9-11,16-17H,2-8,12H2,1H3. The summed E-state index contributed by atoms with van der Waals surface area (Å²) in [5, 5.41) is 4.22. The van der Waals surface area contributed by atoms with Gasteiger partial charge in [0, 0.05) is 38.5 Å². The fraction of sp³-hybridized carbons (Fsp3) is 0.579. The molecule has 2 aromatic rings. The zero-order chi connectivity index (χ0) is 20.6. The molecule has 0 saturated carbocycles. The van der Waals surface area contributed by atoms with Gasteiger partial charge in [0.25, 0.3) is 0 Å². The van der Waals surface area contributed by atoms with Gasteiger partial charge < -0.3 is 18.9 Å². The molecule has 0 aliphatic carbocycles. The Morgan fingerprint density at radius 1 is 1.28 bits per heavy atom. The number of ether oxygens (including phenoxy) is 4. The third kappa shape index (κ3) is 6.70. The largest absolute Gasteiger partial charge is 0.482 e. The first-order valence-electron chi connectivity index (χ1n) is 9.50. The second-order valence-corrected chi connectivity index (χ2v) is 7.39. The van der Waals surface area contributed by atoms with E-state index in [9.17, 15) is 8.78 Å². The molecule has 29 heavy (non-hydrogen) atoms. The van der Waals surface area contributed by atoms with Gasteiger partial charge in [0.15, 0.2) is 18.2 Å². The highest BCUT2D eigenvalue weighted by atomic mass is 79.9. The molecule has 10 heteroatoms. The summed E-state index contributed by atoms with van der Waals surface area (Å²) in [5.74, 6) is -0.864. The van der Waals surface area contributed by atoms with Crippen LogP contribution in [0.15, 0.2) is 22.9 Å². The smallest absolute Gasteiger partial charge is 0.217 e. The fourth-order valence-electron chi connectivity index (χ4n) is 3.11. The summed E-state index contributed by atoms with van der Waals surface area (Å²) >= 11 is 3.25. The number of benzene rings is 1. The van der Waals surface area contributed by atoms with E-state index in [0.29, 0.717) is 30.0 Å². The first-order chi connectivity index (χ1) is 14.0. The van der Waals surface area contributed by atoms with Crippen molar-refractivity contribution in [1.82, 2.24) is 14.8 Å². The Labute approximate surface area is 176 Å². The molecule has 1 aliphatic rings. The Balaban J connectivity index is 1.68. The molecule has 2 atom stereocenters. The normalized spacial score (nSPS) is 18.0. The second kappa shape index (κ2) is 11.0. The lowest BCUT2D eigenvalue weighted by Crippen LogP contribution is -2.23. The molecule has 7 nitrogen and oxygen atoms in total. The Kier molecular flexibility index (Phi) is 8.34. The minimum Gasteiger partial charge on any atom is -0.482 e. The van der Waals surface area contributed by atoms with Crippen LogP contribution in [0.5, 0.6) is 5.75 Å². The van der Waals surface area contributed by atoms with Crippen molar-refractivity contribution in [2.75, 3.05) is 20.3 Å². The van der Waals surface area contributed by atoms with Crippen LogP contribution >= 0.6 is 15.9 Å². The lowest BCUT2D eigenvalue weighted by atomic mass is 10.2. The Hall–Kier alpha value is -1.62. The molecule has 1 saturated heterocycles. The van der Waals surface area contributed by atoms with Crippen LogP contribution in [0, 0.1) is 11.6 Å². The van der Waals surface area contributed by atoms with Gasteiger partial charge in [-0.2, -0.15) is 0 Å². The average Bonchev–Trinajstić information content (AvgIpc) is 3.05. The van der Waals surface area contributed by atoms with Crippen molar-refractivity contribution in [3.05, 3.63) is 40.4 Å². The zero-order valence-corrected chi connectivity index (χ0v) is 17.7. The molecular weight excluding hydrogens is 452 g/mol. The van der Waals surface area contributed by atoms with Gasteiger partial charge in [0.2, 0.25) is 4.73 Å². The molecule has 2 unspecified atom stereocenters. The third-order valence-electron chi connectivity index (χ3n) is 4.38. The van der Waals surface area contributed by atoms with Gasteiger partial charge in [0.1, 0.15) is 24.1 Å². The van der Waals surface area contributed by atoms with Gasteiger partial charge in [-0.25, -0.2) is 18.4 Å². The molecule has 2 heterocycles. The summed E-state index contributed by atoms with van der Waals surface area (Å²) < 4.78 is 51.4. The highest BCUT2D eigenvalue weighted by Crippen LogP contribution is 2.27. The van der Waals surface area contributed by atoms with Gasteiger partial charge >= 0.3 is 0 Å². The van der Waals surface area contributed by atoms with Crippen LogP contribution < -0.4 is 4.74 Å². The molecular formula is C19H24BrF2N3O4. The molecule has 0 radical (unpaired) electrons. The summed E-state index contributed by atoms with van der Waals surface area (Å²) in [7, 11) is 1.54. The monoisotopic (exact) mass is 475 g/mol. The van der Waals surface area contributed by atoms with Gasteiger partial charge in [0.05, 0.1) is 0 Å². The fourth-order valence-corrected chi connectivity index (χ4v) is 3.48. The summed E-state index contributed by atoms with van der Waals surface area (Å²) in [5.41, 5.74) is 0. The van der Waals surface area contributed by atoms with Crippen LogP contribution in [0.2, 0.25) is 0 Å². The third-order valence-corrected chi connectivity index (χ3v) is 4.72. The lowest BCUT2D eigenvalue weighted by molar-refractivity contribution is -0.163. The topological polar surface area (TPSA) is 67.6 Å². The van der Waals surface area contributed by atoms with E-state index in [1.54, 1.807) is 0 Å². The second-order valence-electron chi connectivity index (χ2n) is 6.68. The number of aromatic nitrogens is 3. The zero-order valence-electron chi connectivity index (χ0n) is 16.2. The number of methoxy groups -OCH3 is 1. The van der Waals surface area contributed by atoms with E-state index >= 15 is 0 Å². The maximum Gasteiger partial charge on any atom is 0.217 e. The van der Waals surface area contributed by atoms with Crippen LogP contribution in [0.25, 0.3) is 0 Å². The Morgan fingerprint density at radius 2 is 2.07 bits per heavy atom. The molecule has 1 aromatic carbocycles. The SMILES string of the molecule is COCn1nc(Br)nc1C(CCCOC1CCCCO1)Oc1cc(F)cc(F)c1. The number of halogens is 3. The van der Waals surface area contributed by atoms with E-state index in [4.69, 9.17) is 18.9 Å². The van der Waals surface area contributed by atoms with Crippen molar-refractivity contribution < 1.29 is 27.7 Å². The van der Waals surface area contributed by atoms with E-state index in [2.05, 4.69) is 26.0 Å². The first-order valence-corrected chi connectivity index (χ1v) is 10.3. The van der Waals surface area contributed by atoms with E-state index in [0.717, 1.165) is 44.1 Å². The van der Waals surface area contributed by atoms with Gasteiger partial charge in [-0.15, -0.1) is 5.10 Å². The molecule has 160 valence electrons. The molecule has 1 aliphatic heterocycles. The first kappa shape index (κ1) is 22.1. The van der Waals surface area contributed by atoms with Crippen molar-refractivity contribution in [1.29, 1.82) is 0 Å². The van der Waals surface area contributed by atoms with Crippen LogP contribution in [0.1, 0.15) is 44.0 Å². The Bertz CT molecular complexity index is 767. The van der Waals surface area contributed by atoms with Crippen LogP contribution in [-0.2, 0) is 20.9 Å². The Morgan fingerprint density at radius 3 is 2.76 bits per heavy atom. The molecule has 1 fully saturated rings. The predicted molar refractivity (Wildman–Crippen MR) is 103 cm³/mol.